The smallest absolute Gasteiger partial charge is 0.220 e. The van der Waals surface area contributed by atoms with Crippen molar-refractivity contribution in [2.75, 3.05) is 13.1 Å². The number of aryl methyl sites for hydroxylation is 1. The van der Waals surface area contributed by atoms with Gasteiger partial charge in [-0.3, -0.25) is 4.79 Å². The fraction of sp³-hybridized carbons (Fsp3) is 0.800. The van der Waals surface area contributed by atoms with Crippen LogP contribution in [0.4, 0.5) is 0 Å². The molecule has 0 aromatic carbocycles. The Balaban J connectivity index is 1.42. The number of carbonyl (C=O) groups excluding carboxylic acids is 1. The maximum atomic E-state index is 12.0. The van der Waals surface area contributed by atoms with Gasteiger partial charge in [0.2, 0.25) is 5.91 Å². The summed E-state index contributed by atoms with van der Waals surface area (Å²) in [5.41, 5.74) is 0. The lowest BCUT2D eigenvalue weighted by atomic mass is 9.93. The minimum absolute atomic E-state index is 0.140. The Labute approximate surface area is 125 Å². The van der Waals surface area contributed by atoms with Gasteiger partial charge in [-0.25, -0.2) is 0 Å². The number of aromatic nitrogens is 3. The maximum absolute atomic E-state index is 12.0. The molecule has 2 aliphatic heterocycles. The first-order valence-corrected chi connectivity index (χ1v) is 8.21. The van der Waals surface area contributed by atoms with E-state index in [4.69, 9.17) is 0 Å². The van der Waals surface area contributed by atoms with Crippen molar-refractivity contribution in [1.82, 2.24) is 25.4 Å². The highest BCUT2D eigenvalue weighted by atomic mass is 16.1. The molecule has 0 saturated carbocycles. The number of nitrogens with one attached hydrogen (secondary N) is 2. The second-order valence-corrected chi connectivity index (χ2v) is 6.15. The lowest BCUT2D eigenvalue weighted by molar-refractivity contribution is -0.121. The van der Waals surface area contributed by atoms with Crippen molar-refractivity contribution in [2.45, 2.75) is 58.0 Å². The normalized spacial score (nSPS) is 19.2. The van der Waals surface area contributed by atoms with Crippen LogP contribution in [0.1, 0.15) is 50.2 Å². The van der Waals surface area contributed by atoms with Crippen molar-refractivity contribution in [3.63, 3.8) is 0 Å². The molecule has 0 aliphatic carbocycles. The Morgan fingerprint density at radius 3 is 3.00 bits per heavy atom. The van der Waals surface area contributed by atoms with Crippen LogP contribution in [0.2, 0.25) is 0 Å². The quantitative estimate of drug-likeness (QED) is 0.849. The summed E-state index contributed by atoms with van der Waals surface area (Å²) in [7, 11) is 0. The molecule has 0 radical (unpaired) electrons. The lowest BCUT2D eigenvalue weighted by Crippen LogP contribution is -2.29. The molecule has 0 bridgehead atoms. The van der Waals surface area contributed by atoms with Crippen LogP contribution in [-0.2, 0) is 24.3 Å². The molecule has 0 atom stereocenters. The summed E-state index contributed by atoms with van der Waals surface area (Å²) in [5.74, 6) is 2.82. The number of amides is 1. The summed E-state index contributed by atoms with van der Waals surface area (Å²) in [5, 5.41) is 14.8. The first-order chi connectivity index (χ1) is 10.3. The van der Waals surface area contributed by atoms with E-state index in [1.807, 2.05) is 0 Å². The second-order valence-electron chi connectivity index (χ2n) is 6.15. The maximum Gasteiger partial charge on any atom is 0.220 e. The Morgan fingerprint density at radius 1 is 1.29 bits per heavy atom. The molecule has 1 saturated heterocycles. The molecule has 6 heteroatoms. The van der Waals surface area contributed by atoms with Crippen molar-refractivity contribution in [1.29, 1.82) is 0 Å². The molecule has 6 nitrogen and oxygen atoms in total. The summed E-state index contributed by atoms with van der Waals surface area (Å²) < 4.78 is 2.16. The van der Waals surface area contributed by atoms with Crippen molar-refractivity contribution in [3.05, 3.63) is 11.6 Å². The molecule has 1 fully saturated rings. The third-order valence-electron chi connectivity index (χ3n) is 4.62. The molecule has 1 aromatic heterocycles. The number of hydrogen-bond donors (Lipinski definition) is 2. The van der Waals surface area contributed by atoms with Crippen LogP contribution in [-0.4, -0.2) is 33.8 Å². The zero-order chi connectivity index (χ0) is 14.5. The highest BCUT2D eigenvalue weighted by Gasteiger charge is 2.17. The SMILES string of the molecule is O=C(CCC1CCNCC1)NCc1nnc2n1CCCC2. The predicted octanol–water partition coefficient (Wildman–Crippen LogP) is 1.01. The molecule has 2 aliphatic rings. The second kappa shape index (κ2) is 7.02. The average Bonchev–Trinajstić information content (AvgIpc) is 2.95. The zero-order valence-electron chi connectivity index (χ0n) is 12.6. The van der Waals surface area contributed by atoms with E-state index in [-0.39, 0.29) is 5.91 Å². The van der Waals surface area contributed by atoms with Crippen LogP contribution in [0, 0.1) is 5.92 Å². The van der Waals surface area contributed by atoms with Gasteiger partial charge in [0.1, 0.15) is 5.82 Å². The van der Waals surface area contributed by atoms with E-state index in [0.29, 0.717) is 18.9 Å². The summed E-state index contributed by atoms with van der Waals surface area (Å²) in [4.78, 5) is 12.0. The van der Waals surface area contributed by atoms with E-state index < -0.39 is 0 Å². The van der Waals surface area contributed by atoms with Crippen LogP contribution < -0.4 is 10.6 Å². The van der Waals surface area contributed by atoms with Gasteiger partial charge in [0.05, 0.1) is 6.54 Å². The molecule has 1 aromatic rings. The van der Waals surface area contributed by atoms with E-state index in [1.54, 1.807) is 0 Å². The van der Waals surface area contributed by atoms with Crippen molar-refractivity contribution >= 4 is 5.91 Å². The van der Waals surface area contributed by atoms with Gasteiger partial charge in [-0.1, -0.05) is 0 Å². The minimum Gasteiger partial charge on any atom is -0.349 e. The number of nitrogens with zero attached hydrogens (tertiary/aromatic N) is 3. The van der Waals surface area contributed by atoms with Gasteiger partial charge in [-0.05, 0) is 51.1 Å². The highest BCUT2D eigenvalue weighted by Crippen LogP contribution is 2.17. The van der Waals surface area contributed by atoms with E-state index in [9.17, 15) is 4.79 Å². The van der Waals surface area contributed by atoms with Crippen LogP contribution in [0.15, 0.2) is 0 Å². The molecular weight excluding hydrogens is 266 g/mol. The molecule has 116 valence electrons. The standard InChI is InChI=1S/C15H25N5O/c21-15(5-4-12-6-8-16-9-7-12)17-11-14-19-18-13-3-1-2-10-20(13)14/h12,16H,1-11H2,(H,17,21). The number of fused-ring (bicyclic) bond motifs is 1. The van der Waals surface area contributed by atoms with Gasteiger partial charge in [0, 0.05) is 19.4 Å². The summed E-state index contributed by atoms with van der Waals surface area (Å²) >= 11 is 0. The average molecular weight is 291 g/mol. The molecule has 3 heterocycles. The van der Waals surface area contributed by atoms with Crippen molar-refractivity contribution in [2.24, 2.45) is 5.92 Å². The molecule has 3 rings (SSSR count). The first-order valence-electron chi connectivity index (χ1n) is 8.21. The van der Waals surface area contributed by atoms with E-state index in [0.717, 1.165) is 44.1 Å². The Bertz CT molecular complexity index is 478. The van der Waals surface area contributed by atoms with Gasteiger partial charge in [0.25, 0.3) is 0 Å². The molecule has 1 amide bonds. The highest BCUT2D eigenvalue weighted by molar-refractivity contribution is 5.75. The zero-order valence-corrected chi connectivity index (χ0v) is 12.6. The monoisotopic (exact) mass is 291 g/mol. The molecule has 21 heavy (non-hydrogen) atoms. The van der Waals surface area contributed by atoms with Gasteiger partial charge >= 0.3 is 0 Å². The lowest BCUT2D eigenvalue weighted by Gasteiger charge is -2.22. The number of carbonyl (C=O) groups is 1. The van der Waals surface area contributed by atoms with Crippen LogP contribution in [0.25, 0.3) is 0 Å². The molecule has 2 N–H and O–H groups in total. The largest absolute Gasteiger partial charge is 0.349 e. The number of hydrogen-bond acceptors (Lipinski definition) is 4. The Hall–Kier alpha value is -1.43. The summed E-state index contributed by atoms with van der Waals surface area (Å²) in [6, 6.07) is 0. The number of rotatable bonds is 5. The van der Waals surface area contributed by atoms with Crippen molar-refractivity contribution < 1.29 is 4.79 Å². The molecule has 0 unspecified atom stereocenters. The van der Waals surface area contributed by atoms with Gasteiger partial charge in [0.15, 0.2) is 5.82 Å². The van der Waals surface area contributed by atoms with E-state index in [2.05, 4.69) is 25.4 Å². The summed E-state index contributed by atoms with van der Waals surface area (Å²) in [6.07, 6.45) is 7.42. The van der Waals surface area contributed by atoms with Crippen molar-refractivity contribution in [3.8, 4) is 0 Å². The van der Waals surface area contributed by atoms with E-state index >= 15 is 0 Å². The summed E-state index contributed by atoms with van der Waals surface area (Å²) in [6.45, 7) is 3.69. The van der Waals surface area contributed by atoms with Gasteiger partial charge in [-0.15, -0.1) is 10.2 Å². The van der Waals surface area contributed by atoms with Crippen LogP contribution in [0.3, 0.4) is 0 Å². The first kappa shape index (κ1) is 14.5. The molecular formula is C15H25N5O. The third-order valence-corrected chi connectivity index (χ3v) is 4.62. The fourth-order valence-corrected chi connectivity index (χ4v) is 3.27. The third kappa shape index (κ3) is 3.81. The minimum atomic E-state index is 0.140. The predicted molar refractivity (Wildman–Crippen MR) is 79.6 cm³/mol. The topological polar surface area (TPSA) is 71.8 Å². The Morgan fingerprint density at radius 2 is 2.14 bits per heavy atom. The Kier molecular flexibility index (Phi) is 4.85. The van der Waals surface area contributed by atoms with Gasteiger partial charge in [-0.2, -0.15) is 0 Å². The fourth-order valence-electron chi connectivity index (χ4n) is 3.27. The van der Waals surface area contributed by atoms with E-state index in [1.165, 1.54) is 25.7 Å². The van der Waals surface area contributed by atoms with Crippen LogP contribution in [0.5, 0.6) is 0 Å². The van der Waals surface area contributed by atoms with Crippen LogP contribution >= 0.6 is 0 Å². The van der Waals surface area contributed by atoms with Gasteiger partial charge < -0.3 is 15.2 Å². The number of piperidine rings is 1. The molecule has 0 spiro atoms.